The van der Waals surface area contributed by atoms with E-state index in [1.807, 2.05) is 19.1 Å². The van der Waals surface area contributed by atoms with E-state index < -0.39 is 6.09 Å². The van der Waals surface area contributed by atoms with Crippen molar-refractivity contribution in [1.29, 1.82) is 0 Å². The molecule has 0 bridgehead atoms. The van der Waals surface area contributed by atoms with Crippen molar-refractivity contribution in [2.75, 3.05) is 43.1 Å². The number of carbonyl (C=O) groups is 2. The molecule has 2 aliphatic heterocycles. The van der Waals surface area contributed by atoms with Gasteiger partial charge in [-0.25, -0.2) is 19.6 Å². The number of benzene rings is 1. The number of nitrogens with one attached hydrogen (secondary N) is 2. The van der Waals surface area contributed by atoms with E-state index in [9.17, 15) is 14.7 Å². The Balaban J connectivity index is 1.70. The Morgan fingerprint density at radius 2 is 1.97 bits per heavy atom. The standard InChI is InChI=1S/C23H30N6O4/c1-3-17-14-33-12-11-29(17)21-18-9-10-28(23(31)32)13-19(18)26-20(27-21)15-5-7-16(8-6-15)25-22(30)24-4-2/h5-8,17H,3-4,9-14H2,1-2H3,(H,31,32)(H2,24,25,30). The zero-order valence-corrected chi connectivity index (χ0v) is 19.0. The summed E-state index contributed by atoms with van der Waals surface area (Å²) >= 11 is 0. The molecule has 0 radical (unpaired) electrons. The van der Waals surface area contributed by atoms with E-state index in [4.69, 9.17) is 14.7 Å². The summed E-state index contributed by atoms with van der Waals surface area (Å²) in [6, 6.07) is 7.29. The molecular formula is C23H30N6O4. The summed E-state index contributed by atoms with van der Waals surface area (Å²) in [5.41, 5.74) is 3.23. The highest BCUT2D eigenvalue weighted by Crippen LogP contribution is 2.32. The van der Waals surface area contributed by atoms with E-state index in [0.29, 0.717) is 44.2 Å². The molecule has 3 amide bonds. The van der Waals surface area contributed by atoms with Gasteiger partial charge in [0.2, 0.25) is 0 Å². The van der Waals surface area contributed by atoms with Crippen LogP contribution in [0.3, 0.4) is 0 Å². The number of anilines is 2. The van der Waals surface area contributed by atoms with Crippen LogP contribution >= 0.6 is 0 Å². The molecule has 1 fully saturated rings. The van der Waals surface area contributed by atoms with Crippen molar-refractivity contribution in [2.24, 2.45) is 0 Å². The van der Waals surface area contributed by atoms with E-state index >= 15 is 0 Å². The first-order chi connectivity index (χ1) is 16.0. The molecule has 3 N–H and O–H groups in total. The van der Waals surface area contributed by atoms with Gasteiger partial charge in [-0.3, -0.25) is 0 Å². The largest absolute Gasteiger partial charge is 0.465 e. The van der Waals surface area contributed by atoms with Crippen LogP contribution in [-0.4, -0.2) is 71.0 Å². The fourth-order valence-corrected chi connectivity index (χ4v) is 4.25. The van der Waals surface area contributed by atoms with Crippen LogP contribution in [0, 0.1) is 0 Å². The Labute approximate surface area is 193 Å². The van der Waals surface area contributed by atoms with Crippen LogP contribution in [0.25, 0.3) is 11.4 Å². The lowest BCUT2D eigenvalue weighted by molar-refractivity contribution is 0.0923. The average Bonchev–Trinajstić information content (AvgIpc) is 2.83. The highest BCUT2D eigenvalue weighted by molar-refractivity contribution is 5.89. The summed E-state index contributed by atoms with van der Waals surface area (Å²) in [6.45, 7) is 7.22. The molecular weight excluding hydrogens is 424 g/mol. The van der Waals surface area contributed by atoms with Gasteiger partial charge >= 0.3 is 12.1 Å². The summed E-state index contributed by atoms with van der Waals surface area (Å²) in [4.78, 5) is 36.8. The Bertz CT molecular complexity index is 1010. The van der Waals surface area contributed by atoms with E-state index in [2.05, 4.69) is 22.5 Å². The van der Waals surface area contributed by atoms with E-state index in [-0.39, 0.29) is 18.6 Å². The number of ether oxygens (including phenoxy) is 1. The van der Waals surface area contributed by atoms with Gasteiger partial charge in [0.1, 0.15) is 5.82 Å². The summed E-state index contributed by atoms with van der Waals surface area (Å²) in [7, 11) is 0. The lowest BCUT2D eigenvalue weighted by atomic mass is 10.0. The number of nitrogens with zero attached hydrogens (tertiary/aromatic N) is 4. The minimum atomic E-state index is -0.944. The molecule has 4 rings (SSSR count). The quantitative estimate of drug-likeness (QED) is 0.635. The molecule has 2 aromatic rings. The number of fused-ring (bicyclic) bond motifs is 1. The van der Waals surface area contributed by atoms with Crippen molar-refractivity contribution in [2.45, 2.75) is 39.3 Å². The summed E-state index contributed by atoms with van der Waals surface area (Å²) in [6.07, 6.45) is 0.566. The third-order valence-electron chi connectivity index (χ3n) is 6.02. The van der Waals surface area contributed by atoms with E-state index in [1.54, 1.807) is 12.1 Å². The van der Waals surface area contributed by atoms with Crippen molar-refractivity contribution in [3.05, 3.63) is 35.5 Å². The molecule has 1 aromatic carbocycles. The smallest absolute Gasteiger partial charge is 0.407 e. The van der Waals surface area contributed by atoms with Crippen molar-refractivity contribution < 1.29 is 19.4 Å². The van der Waals surface area contributed by atoms with E-state index in [1.165, 1.54) is 4.90 Å². The molecule has 0 spiro atoms. The molecule has 1 unspecified atom stereocenters. The molecule has 0 saturated carbocycles. The predicted molar refractivity (Wildman–Crippen MR) is 125 cm³/mol. The first kappa shape index (κ1) is 22.8. The van der Waals surface area contributed by atoms with Crippen molar-refractivity contribution in [1.82, 2.24) is 20.2 Å². The van der Waals surface area contributed by atoms with Crippen LogP contribution in [0.15, 0.2) is 24.3 Å². The van der Waals surface area contributed by atoms with Gasteiger partial charge in [-0.2, -0.15) is 0 Å². The molecule has 0 aliphatic carbocycles. The second kappa shape index (κ2) is 10.0. The predicted octanol–water partition coefficient (Wildman–Crippen LogP) is 2.94. The third kappa shape index (κ3) is 5.00. The Morgan fingerprint density at radius 3 is 2.67 bits per heavy atom. The maximum Gasteiger partial charge on any atom is 0.407 e. The lowest BCUT2D eigenvalue weighted by Gasteiger charge is -2.38. The first-order valence-corrected chi connectivity index (χ1v) is 11.4. The molecule has 2 aliphatic rings. The molecule has 1 aromatic heterocycles. The van der Waals surface area contributed by atoms with Gasteiger partial charge in [0.15, 0.2) is 5.82 Å². The van der Waals surface area contributed by atoms with Crippen LogP contribution in [0.4, 0.5) is 21.1 Å². The fourth-order valence-electron chi connectivity index (χ4n) is 4.25. The second-order valence-electron chi connectivity index (χ2n) is 8.14. The number of morpholine rings is 1. The van der Waals surface area contributed by atoms with Gasteiger partial charge in [-0.05, 0) is 44.0 Å². The molecule has 10 nitrogen and oxygen atoms in total. The molecule has 33 heavy (non-hydrogen) atoms. The van der Waals surface area contributed by atoms with E-state index in [0.717, 1.165) is 35.6 Å². The summed E-state index contributed by atoms with van der Waals surface area (Å²) in [5, 5.41) is 15.0. The molecule has 1 atom stereocenters. The number of carboxylic acid groups (broad SMARTS) is 1. The van der Waals surface area contributed by atoms with Crippen molar-refractivity contribution >= 4 is 23.6 Å². The Hall–Kier alpha value is -3.40. The highest BCUT2D eigenvalue weighted by Gasteiger charge is 2.31. The number of carbonyl (C=O) groups excluding carboxylic acids is 1. The van der Waals surface area contributed by atoms with Crippen LogP contribution < -0.4 is 15.5 Å². The van der Waals surface area contributed by atoms with Gasteiger partial charge in [-0.15, -0.1) is 0 Å². The molecule has 10 heteroatoms. The van der Waals surface area contributed by atoms with Crippen LogP contribution in [0.1, 0.15) is 31.5 Å². The van der Waals surface area contributed by atoms with Crippen molar-refractivity contribution in [3.63, 3.8) is 0 Å². The number of rotatable bonds is 5. The SMILES string of the molecule is CCNC(=O)Nc1ccc(-c2nc3c(c(N4CCOCC4CC)n2)CCN(C(=O)O)C3)cc1. The van der Waals surface area contributed by atoms with Gasteiger partial charge < -0.3 is 30.3 Å². The minimum Gasteiger partial charge on any atom is -0.465 e. The average molecular weight is 455 g/mol. The monoisotopic (exact) mass is 454 g/mol. The number of hydrogen-bond donors (Lipinski definition) is 3. The van der Waals surface area contributed by atoms with Gasteiger partial charge in [-0.1, -0.05) is 6.92 Å². The number of aromatic nitrogens is 2. The first-order valence-electron chi connectivity index (χ1n) is 11.4. The fraction of sp³-hybridized carbons (Fsp3) is 0.478. The number of hydrogen-bond acceptors (Lipinski definition) is 6. The van der Waals surface area contributed by atoms with Gasteiger partial charge in [0.05, 0.1) is 31.5 Å². The zero-order valence-electron chi connectivity index (χ0n) is 19.0. The van der Waals surface area contributed by atoms with Gasteiger partial charge in [0, 0.05) is 36.4 Å². The second-order valence-corrected chi connectivity index (χ2v) is 8.14. The molecule has 1 saturated heterocycles. The summed E-state index contributed by atoms with van der Waals surface area (Å²) in [5.74, 6) is 1.42. The van der Waals surface area contributed by atoms with Crippen LogP contribution in [0.5, 0.6) is 0 Å². The summed E-state index contributed by atoms with van der Waals surface area (Å²) < 4.78 is 5.68. The topological polar surface area (TPSA) is 120 Å². The zero-order chi connectivity index (χ0) is 23.4. The molecule has 3 heterocycles. The van der Waals surface area contributed by atoms with Gasteiger partial charge in [0.25, 0.3) is 0 Å². The Morgan fingerprint density at radius 1 is 1.18 bits per heavy atom. The third-order valence-corrected chi connectivity index (χ3v) is 6.02. The highest BCUT2D eigenvalue weighted by atomic mass is 16.5. The number of amides is 3. The maximum atomic E-state index is 11.8. The normalized spacial score (nSPS) is 17.9. The lowest BCUT2D eigenvalue weighted by Crippen LogP contribution is -2.47. The Kier molecular flexibility index (Phi) is 6.93. The van der Waals surface area contributed by atoms with Crippen molar-refractivity contribution in [3.8, 4) is 11.4 Å². The molecule has 176 valence electrons. The number of urea groups is 1. The van der Waals surface area contributed by atoms with Crippen LogP contribution in [0.2, 0.25) is 0 Å². The maximum absolute atomic E-state index is 11.8. The van der Waals surface area contributed by atoms with Crippen LogP contribution in [-0.2, 0) is 17.7 Å². The minimum absolute atomic E-state index is 0.215.